The summed E-state index contributed by atoms with van der Waals surface area (Å²) >= 11 is 0. The number of nitrogens with zero attached hydrogens (tertiary/aromatic N) is 1. The van der Waals surface area contributed by atoms with E-state index < -0.39 is 24.3 Å². The van der Waals surface area contributed by atoms with Crippen molar-refractivity contribution in [2.24, 2.45) is 0 Å². The van der Waals surface area contributed by atoms with Gasteiger partial charge in [-0.1, -0.05) is 201 Å². The summed E-state index contributed by atoms with van der Waals surface area (Å²) in [4.78, 5) is 37.2. The van der Waals surface area contributed by atoms with Gasteiger partial charge in [0.2, 0.25) is 0 Å². The smallest absolute Gasteiger partial charge is 0.361 e. The number of hydrogen-bond donors (Lipinski definition) is 1. The Hall–Kier alpha value is -3.79. The normalized spacial score (nSPS) is 13.6. The molecule has 0 radical (unpaired) electrons. The molecule has 2 unspecified atom stereocenters. The second kappa shape index (κ2) is 48.7. The maximum atomic E-state index is 12.7. The van der Waals surface area contributed by atoms with Crippen LogP contribution in [0.25, 0.3) is 0 Å². The molecule has 9 heteroatoms. The standard InChI is InChI=1S/C58H97NO8/c1-6-8-10-12-14-16-18-20-22-23-24-25-26-27-28-29-30-31-32-33-35-36-38-40-42-44-46-48-55(60)65-52-54(53-66-58(57(62)63)64-51-50-59(3,4)5)67-56(61)49-47-45-43-41-39-37-34-21-19-17-15-13-11-9-7-2/h9,11,15,17-18,20-21,23-24,26-27,34,39,41,45,47,54,58H,6-8,10,12-14,16,19,22,25,28-33,35-38,40,42-44,46,48-53H2,1-5H3/p+1/b11-9-,17-15-,20-18-,24-23-,27-26-,34-21-,41-39-,47-45-. The molecule has 0 heterocycles. The summed E-state index contributed by atoms with van der Waals surface area (Å²) < 4.78 is 22.6. The second-order valence-electron chi connectivity index (χ2n) is 18.5. The first-order valence-corrected chi connectivity index (χ1v) is 26.4. The molecule has 0 aliphatic carbocycles. The SMILES string of the molecule is CC/C=C\C/C=C\C/C=C\C/C=C\C/C=C\CC(=O)OC(COC(=O)CCCCCCCCCCCCCC/C=C\C/C=C\C/C=C\CCCCCCC)COC(OCC[N+](C)(C)C)C(=O)O. The molecule has 0 aliphatic heterocycles. The first-order chi connectivity index (χ1) is 32.6. The highest BCUT2D eigenvalue weighted by molar-refractivity contribution is 5.72. The molecular weight excluding hydrogens is 839 g/mol. The molecule has 0 fully saturated rings. The van der Waals surface area contributed by atoms with Crippen molar-refractivity contribution in [1.82, 2.24) is 0 Å². The van der Waals surface area contributed by atoms with Crippen LogP contribution >= 0.6 is 0 Å². The number of aliphatic carboxylic acids is 1. The molecule has 0 aromatic carbocycles. The van der Waals surface area contributed by atoms with Gasteiger partial charge in [0.05, 0.1) is 40.8 Å². The summed E-state index contributed by atoms with van der Waals surface area (Å²) in [5.41, 5.74) is 0. The molecule has 0 saturated heterocycles. The molecule has 1 N–H and O–H groups in total. The number of carboxylic acid groups (broad SMARTS) is 1. The maximum absolute atomic E-state index is 12.7. The van der Waals surface area contributed by atoms with Crippen LogP contribution in [-0.4, -0.2) is 87.4 Å². The molecule has 2 atom stereocenters. The van der Waals surface area contributed by atoms with Gasteiger partial charge in [0.15, 0.2) is 6.10 Å². The van der Waals surface area contributed by atoms with Crippen molar-refractivity contribution in [1.29, 1.82) is 0 Å². The van der Waals surface area contributed by atoms with Crippen molar-refractivity contribution in [2.45, 2.75) is 206 Å². The predicted molar refractivity (Wildman–Crippen MR) is 281 cm³/mol. The van der Waals surface area contributed by atoms with E-state index in [0.29, 0.717) is 17.4 Å². The third-order valence-electron chi connectivity index (χ3n) is 10.9. The number of likely N-dealkylation sites (N-methyl/N-ethyl adjacent to an activating group) is 1. The van der Waals surface area contributed by atoms with Gasteiger partial charge in [0, 0.05) is 6.42 Å². The zero-order chi connectivity index (χ0) is 49.2. The molecule has 0 spiro atoms. The van der Waals surface area contributed by atoms with E-state index >= 15 is 0 Å². The van der Waals surface area contributed by atoms with Gasteiger partial charge in [0.25, 0.3) is 6.29 Å². The van der Waals surface area contributed by atoms with Crippen LogP contribution in [0.15, 0.2) is 97.2 Å². The third-order valence-corrected chi connectivity index (χ3v) is 10.9. The molecule has 9 nitrogen and oxygen atoms in total. The van der Waals surface area contributed by atoms with E-state index in [1.807, 2.05) is 33.3 Å². The van der Waals surface area contributed by atoms with Crippen molar-refractivity contribution in [3.8, 4) is 0 Å². The van der Waals surface area contributed by atoms with Crippen molar-refractivity contribution in [3.63, 3.8) is 0 Å². The quantitative estimate of drug-likeness (QED) is 0.0211. The second-order valence-corrected chi connectivity index (χ2v) is 18.5. The fourth-order valence-electron chi connectivity index (χ4n) is 6.80. The van der Waals surface area contributed by atoms with Gasteiger partial charge in [-0.05, 0) is 77.0 Å². The van der Waals surface area contributed by atoms with Crippen LogP contribution in [-0.2, 0) is 33.3 Å². The van der Waals surface area contributed by atoms with Gasteiger partial charge in [0.1, 0.15) is 13.2 Å². The summed E-state index contributed by atoms with van der Waals surface area (Å²) in [7, 11) is 5.92. The third kappa shape index (κ3) is 49.9. The first kappa shape index (κ1) is 63.2. The maximum Gasteiger partial charge on any atom is 0.361 e. The molecule has 0 aromatic rings. The van der Waals surface area contributed by atoms with E-state index in [4.69, 9.17) is 18.9 Å². The molecule has 67 heavy (non-hydrogen) atoms. The number of rotatable bonds is 47. The number of esters is 2. The Balaban J connectivity index is 4.33. The lowest BCUT2D eigenvalue weighted by Crippen LogP contribution is -2.40. The summed E-state index contributed by atoms with van der Waals surface area (Å²) in [5, 5.41) is 9.66. The molecule has 0 rings (SSSR count). The number of carbonyl (C=O) groups is 3. The minimum absolute atomic E-state index is 0.0230. The molecule has 0 saturated carbocycles. The van der Waals surface area contributed by atoms with Gasteiger partial charge in [-0.15, -0.1) is 0 Å². The predicted octanol–water partition coefficient (Wildman–Crippen LogP) is 15.0. The van der Waals surface area contributed by atoms with Crippen molar-refractivity contribution in [2.75, 3.05) is 47.5 Å². The number of quaternary nitrogens is 1. The van der Waals surface area contributed by atoms with Gasteiger partial charge in [-0.25, -0.2) is 4.79 Å². The highest BCUT2D eigenvalue weighted by atomic mass is 16.7. The summed E-state index contributed by atoms with van der Waals surface area (Å²) in [6, 6.07) is 0. The number of ether oxygens (including phenoxy) is 4. The Bertz CT molecular complexity index is 1420. The Morgan fingerprint density at radius 3 is 1.34 bits per heavy atom. The van der Waals surface area contributed by atoms with Crippen LogP contribution in [0.3, 0.4) is 0 Å². The fraction of sp³-hybridized carbons (Fsp3) is 0.672. The Kier molecular flexibility index (Phi) is 45.9. The van der Waals surface area contributed by atoms with E-state index in [0.717, 1.165) is 57.8 Å². The summed E-state index contributed by atoms with van der Waals surface area (Å²) in [5.74, 6) is -2.18. The largest absolute Gasteiger partial charge is 0.477 e. The number of unbranched alkanes of at least 4 members (excludes halogenated alkanes) is 17. The first-order valence-electron chi connectivity index (χ1n) is 26.4. The van der Waals surface area contributed by atoms with Crippen molar-refractivity contribution < 1.29 is 42.9 Å². The monoisotopic (exact) mass is 937 g/mol. The summed E-state index contributed by atoms with van der Waals surface area (Å²) in [6.07, 6.45) is 62.3. The van der Waals surface area contributed by atoms with E-state index in [-0.39, 0.29) is 38.6 Å². The average Bonchev–Trinajstić information content (AvgIpc) is 3.29. The van der Waals surface area contributed by atoms with Crippen LogP contribution in [0.1, 0.15) is 194 Å². The minimum atomic E-state index is -1.54. The van der Waals surface area contributed by atoms with E-state index in [9.17, 15) is 19.5 Å². The van der Waals surface area contributed by atoms with Crippen molar-refractivity contribution in [3.05, 3.63) is 97.2 Å². The van der Waals surface area contributed by atoms with Crippen LogP contribution in [0.5, 0.6) is 0 Å². The Morgan fingerprint density at radius 1 is 0.478 bits per heavy atom. The summed E-state index contributed by atoms with van der Waals surface area (Å²) in [6.45, 7) is 4.62. The Labute approximate surface area is 410 Å². The van der Waals surface area contributed by atoms with Gasteiger partial charge in [-0.3, -0.25) is 9.59 Å². The number of allylic oxidation sites excluding steroid dienone is 15. The lowest BCUT2D eigenvalue weighted by molar-refractivity contribution is -0.870. The zero-order valence-corrected chi connectivity index (χ0v) is 43.3. The van der Waals surface area contributed by atoms with Crippen LogP contribution < -0.4 is 0 Å². The van der Waals surface area contributed by atoms with Crippen LogP contribution in [0.2, 0.25) is 0 Å². The zero-order valence-electron chi connectivity index (χ0n) is 43.3. The molecule has 0 amide bonds. The average molecular weight is 937 g/mol. The van der Waals surface area contributed by atoms with Crippen LogP contribution in [0, 0.1) is 0 Å². The van der Waals surface area contributed by atoms with E-state index in [1.165, 1.54) is 103 Å². The Morgan fingerprint density at radius 2 is 0.896 bits per heavy atom. The van der Waals surface area contributed by atoms with Gasteiger partial charge >= 0.3 is 17.9 Å². The fourth-order valence-corrected chi connectivity index (χ4v) is 6.80. The lowest BCUT2D eigenvalue weighted by atomic mass is 10.0. The molecule has 0 aromatic heterocycles. The van der Waals surface area contributed by atoms with Gasteiger partial charge < -0.3 is 28.5 Å². The topological polar surface area (TPSA) is 108 Å². The molecular formula is C58H98NO8+. The molecule has 0 bridgehead atoms. The highest BCUT2D eigenvalue weighted by Gasteiger charge is 2.25. The van der Waals surface area contributed by atoms with E-state index in [1.54, 1.807) is 6.08 Å². The lowest BCUT2D eigenvalue weighted by Gasteiger charge is -2.25. The minimum Gasteiger partial charge on any atom is -0.477 e. The van der Waals surface area contributed by atoms with Crippen LogP contribution in [0.4, 0.5) is 0 Å². The highest BCUT2D eigenvalue weighted by Crippen LogP contribution is 2.14. The van der Waals surface area contributed by atoms with Gasteiger partial charge in [-0.2, -0.15) is 0 Å². The number of hydrogen-bond acceptors (Lipinski definition) is 7. The molecule has 0 aliphatic rings. The molecule has 382 valence electrons. The number of carbonyl (C=O) groups excluding carboxylic acids is 2. The van der Waals surface area contributed by atoms with Crippen molar-refractivity contribution >= 4 is 17.9 Å². The number of carboxylic acids is 1. The van der Waals surface area contributed by atoms with E-state index in [2.05, 4.69) is 92.8 Å².